The van der Waals surface area contributed by atoms with Gasteiger partial charge in [-0.1, -0.05) is 6.42 Å². The Morgan fingerprint density at radius 1 is 1.33 bits per heavy atom. The zero-order valence-electron chi connectivity index (χ0n) is 11.6. The van der Waals surface area contributed by atoms with E-state index in [1.807, 2.05) is 0 Å². The first-order valence-electron chi connectivity index (χ1n) is 7.30. The van der Waals surface area contributed by atoms with Crippen molar-refractivity contribution in [3.8, 4) is 0 Å². The van der Waals surface area contributed by atoms with Gasteiger partial charge in [0.15, 0.2) is 0 Å². The van der Waals surface area contributed by atoms with Crippen molar-refractivity contribution < 1.29 is 22.4 Å². The van der Waals surface area contributed by atoms with Gasteiger partial charge in [-0.3, -0.25) is 4.79 Å². The summed E-state index contributed by atoms with van der Waals surface area (Å²) >= 11 is 0. The Hall–Kier alpha value is -1.46. The zero-order valence-corrected chi connectivity index (χ0v) is 11.6. The van der Waals surface area contributed by atoms with E-state index >= 15 is 0 Å². The van der Waals surface area contributed by atoms with Gasteiger partial charge in [-0.25, -0.2) is 0 Å². The number of nitrogens with zero attached hydrogens (tertiary/aromatic N) is 1. The van der Waals surface area contributed by atoms with Crippen molar-refractivity contribution in [3.63, 3.8) is 0 Å². The Morgan fingerprint density at radius 2 is 2.14 bits per heavy atom. The molecule has 2 aliphatic carbocycles. The van der Waals surface area contributed by atoms with Crippen LogP contribution < -0.4 is 0 Å². The van der Waals surface area contributed by atoms with Crippen LogP contribution in [-0.2, 0) is 11.3 Å². The second-order valence-corrected chi connectivity index (χ2v) is 6.17. The lowest BCUT2D eigenvalue weighted by Gasteiger charge is -2.29. The van der Waals surface area contributed by atoms with Gasteiger partial charge < -0.3 is 9.32 Å². The van der Waals surface area contributed by atoms with E-state index in [1.54, 1.807) is 12.1 Å². The molecular weight excluding hydrogens is 283 g/mol. The normalized spacial score (nSPS) is 28.0. The Labute approximate surface area is 121 Å². The van der Waals surface area contributed by atoms with Gasteiger partial charge in [-0.15, -0.1) is 0 Å². The topological polar surface area (TPSA) is 33.5 Å². The lowest BCUT2D eigenvalue weighted by molar-refractivity contribution is -0.166. The van der Waals surface area contributed by atoms with Crippen LogP contribution in [0.25, 0.3) is 0 Å². The molecule has 1 heterocycles. The van der Waals surface area contributed by atoms with Gasteiger partial charge in [0.1, 0.15) is 12.3 Å². The molecule has 2 fully saturated rings. The molecule has 0 N–H and O–H groups in total. The summed E-state index contributed by atoms with van der Waals surface area (Å²) in [7, 11) is 0. The largest absolute Gasteiger partial charge is 0.467 e. The van der Waals surface area contributed by atoms with E-state index in [1.165, 1.54) is 6.26 Å². The van der Waals surface area contributed by atoms with Crippen molar-refractivity contribution in [2.75, 3.05) is 6.54 Å². The minimum Gasteiger partial charge on any atom is -0.467 e. The number of amides is 1. The second kappa shape index (κ2) is 5.39. The van der Waals surface area contributed by atoms with Gasteiger partial charge in [0, 0.05) is 5.92 Å². The SMILES string of the molecule is O=C(C1CC2CCC1C2)N(Cc1ccco1)CC(F)(F)F. The van der Waals surface area contributed by atoms with Crippen LogP contribution in [0.4, 0.5) is 13.2 Å². The second-order valence-electron chi connectivity index (χ2n) is 6.17. The molecule has 116 valence electrons. The standard InChI is InChI=1S/C15H18F3NO2/c16-15(17,18)9-19(8-12-2-1-5-21-12)14(20)13-7-10-3-4-11(13)6-10/h1-2,5,10-11,13H,3-4,6-9H2. The highest BCUT2D eigenvalue weighted by Gasteiger charge is 2.46. The molecule has 3 nitrogen and oxygen atoms in total. The van der Waals surface area contributed by atoms with Crippen molar-refractivity contribution in [3.05, 3.63) is 24.2 Å². The van der Waals surface area contributed by atoms with E-state index < -0.39 is 12.7 Å². The fraction of sp³-hybridized carbons (Fsp3) is 0.667. The molecule has 0 aromatic carbocycles. The smallest absolute Gasteiger partial charge is 0.406 e. The fourth-order valence-corrected chi connectivity index (χ4v) is 3.80. The number of alkyl halides is 3. The molecule has 2 bridgehead atoms. The average molecular weight is 301 g/mol. The molecule has 2 aliphatic rings. The number of fused-ring (bicyclic) bond motifs is 2. The van der Waals surface area contributed by atoms with Crippen molar-refractivity contribution in [1.82, 2.24) is 4.90 Å². The fourth-order valence-electron chi connectivity index (χ4n) is 3.80. The molecule has 1 aromatic heterocycles. The van der Waals surface area contributed by atoms with Crippen LogP contribution in [0.15, 0.2) is 22.8 Å². The number of carbonyl (C=O) groups is 1. The molecule has 0 saturated heterocycles. The highest BCUT2D eigenvalue weighted by molar-refractivity contribution is 5.79. The summed E-state index contributed by atoms with van der Waals surface area (Å²) in [6.45, 7) is -1.32. The van der Waals surface area contributed by atoms with Crippen LogP contribution in [0.3, 0.4) is 0 Å². The van der Waals surface area contributed by atoms with E-state index in [0.717, 1.165) is 30.6 Å². The van der Waals surface area contributed by atoms with Gasteiger partial charge in [-0.2, -0.15) is 13.2 Å². The maximum absolute atomic E-state index is 12.7. The highest BCUT2D eigenvalue weighted by atomic mass is 19.4. The number of carbonyl (C=O) groups excluding carboxylic acids is 1. The number of rotatable bonds is 4. The summed E-state index contributed by atoms with van der Waals surface area (Å²) in [6.07, 6.45) is 0.851. The number of hydrogen-bond donors (Lipinski definition) is 0. The van der Waals surface area contributed by atoms with E-state index in [9.17, 15) is 18.0 Å². The third-order valence-corrected chi connectivity index (χ3v) is 4.66. The predicted octanol–water partition coefficient (Wildman–Crippen LogP) is 3.61. The summed E-state index contributed by atoms with van der Waals surface area (Å²) in [5.74, 6) is 0.586. The van der Waals surface area contributed by atoms with Crippen LogP contribution in [-0.4, -0.2) is 23.5 Å². The molecule has 1 amide bonds. The highest BCUT2D eigenvalue weighted by Crippen LogP contribution is 2.49. The Kier molecular flexibility index (Phi) is 3.71. The van der Waals surface area contributed by atoms with Crippen LogP contribution in [0.5, 0.6) is 0 Å². The minimum atomic E-state index is -4.39. The minimum absolute atomic E-state index is 0.112. The first-order chi connectivity index (χ1) is 9.92. The lowest BCUT2D eigenvalue weighted by Crippen LogP contribution is -2.43. The molecule has 0 spiro atoms. The first-order valence-corrected chi connectivity index (χ1v) is 7.30. The first kappa shape index (κ1) is 14.5. The van der Waals surface area contributed by atoms with Gasteiger partial charge in [0.05, 0.1) is 12.8 Å². The molecule has 0 aliphatic heterocycles. The van der Waals surface area contributed by atoms with Crippen LogP contribution >= 0.6 is 0 Å². The van der Waals surface area contributed by atoms with Crippen molar-refractivity contribution in [2.24, 2.45) is 17.8 Å². The van der Waals surface area contributed by atoms with Crippen molar-refractivity contribution in [2.45, 2.75) is 38.4 Å². The number of furan rings is 1. The van der Waals surface area contributed by atoms with Gasteiger partial charge >= 0.3 is 6.18 Å². The van der Waals surface area contributed by atoms with E-state index in [2.05, 4.69) is 0 Å². The monoisotopic (exact) mass is 301 g/mol. The van der Waals surface area contributed by atoms with Gasteiger partial charge in [-0.05, 0) is 43.2 Å². The van der Waals surface area contributed by atoms with E-state index in [4.69, 9.17) is 4.42 Å². The third-order valence-electron chi connectivity index (χ3n) is 4.66. The Balaban J connectivity index is 1.72. The van der Waals surface area contributed by atoms with Crippen molar-refractivity contribution >= 4 is 5.91 Å². The lowest BCUT2D eigenvalue weighted by atomic mass is 9.87. The summed E-state index contributed by atoms with van der Waals surface area (Å²) in [4.78, 5) is 13.4. The number of hydrogen-bond acceptors (Lipinski definition) is 2. The molecule has 21 heavy (non-hydrogen) atoms. The summed E-state index contributed by atoms with van der Waals surface area (Å²) in [5, 5.41) is 0. The van der Waals surface area contributed by atoms with Gasteiger partial charge in [0.2, 0.25) is 5.91 Å². The predicted molar refractivity (Wildman–Crippen MR) is 69.1 cm³/mol. The Morgan fingerprint density at radius 3 is 2.67 bits per heavy atom. The molecule has 6 heteroatoms. The van der Waals surface area contributed by atoms with Crippen LogP contribution in [0.1, 0.15) is 31.4 Å². The summed E-state index contributed by atoms with van der Waals surface area (Å²) in [6, 6.07) is 3.21. The maximum atomic E-state index is 12.7. The summed E-state index contributed by atoms with van der Waals surface area (Å²) < 4.78 is 43.3. The molecule has 2 saturated carbocycles. The molecule has 3 rings (SSSR count). The van der Waals surface area contributed by atoms with E-state index in [-0.39, 0.29) is 24.3 Å². The average Bonchev–Trinajstić information content (AvgIpc) is 3.12. The summed E-state index contributed by atoms with van der Waals surface area (Å²) in [5.41, 5.74) is 0. The van der Waals surface area contributed by atoms with Crippen LogP contribution in [0.2, 0.25) is 0 Å². The molecule has 0 radical (unpaired) electrons. The Bertz CT molecular complexity index is 498. The maximum Gasteiger partial charge on any atom is 0.406 e. The third kappa shape index (κ3) is 3.24. The molecule has 3 unspecified atom stereocenters. The van der Waals surface area contributed by atoms with Crippen LogP contribution in [0, 0.1) is 17.8 Å². The quantitative estimate of drug-likeness (QED) is 0.851. The van der Waals surface area contributed by atoms with Gasteiger partial charge in [0.25, 0.3) is 0 Å². The zero-order chi connectivity index (χ0) is 15.0. The number of halogens is 3. The molecule has 3 atom stereocenters. The molecular formula is C15H18F3NO2. The molecule has 1 aromatic rings. The van der Waals surface area contributed by atoms with Crippen molar-refractivity contribution in [1.29, 1.82) is 0 Å². The van der Waals surface area contributed by atoms with E-state index in [0.29, 0.717) is 11.7 Å².